The number of carbonyl (C=O) groups is 2. The predicted molar refractivity (Wildman–Crippen MR) is 123 cm³/mol. The second-order valence-electron chi connectivity index (χ2n) is 8.43. The van der Waals surface area contributed by atoms with Crippen LogP contribution in [0.5, 0.6) is 11.5 Å². The summed E-state index contributed by atoms with van der Waals surface area (Å²) in [6.45, 7) is 5.03. The number of benzene rings is 2. The summed E-state index contributed by atoms with van der Waals surface area (Å²) < 4.78 is 40.8. The van der Waals surface area contributed by atoms with Gasteiger partial charge in [-0.05, 0) is 57.5 Å². The summed E-state index contributed by atoms with van der Waals surface area (Å²) in [7, 11) is 0. The molecule has 0 saturated heterocycles. The summed E-state index contributed by atoms with van der Waals surface area (Å²) in [5.74, 6) is -2.68. The number of aryl methyl sites for hydroxylation is 1. The Morgan fingerprint density at radius 3 is 2.44 bits per heavy atom. The second kappa shape index (κ2) is 10.3. The highest BCUT2D eigenvalue weighted by Gasteiger charge is 2.23. The number of nitrogens with one attached hydrogen (secondary N) is 1. The average molecular weight is 469 g/mol. The third kappa shape index (κ3) is 6.28. The molecule has 0 aliphatic rings. The Labute approximate surface area is 195 Å². The van der Waals surface area contributed by atoms with Gasteiger partial charge in [-0.1, -0.05) is 18.2 Å². The molecule has 3 aromatic rings. The van der Waals surface area contributed by atoms with Crippen LogP contribution in [-0.2, 0) is 16.0 Å². The fourth-order valence-electron chi connectivity index (χ4n) is 3.14. The van der Waals surface area contributed by atoms with E-state index in [1.807, 2.05) is 0 Å². The molecular weight excluding hydrogens is 444 g/mol. The van der Waals surface area contributed by atoms with Gasteiger partial charge in [0.2, 0.25) is 5.91 Å². The van der Waals surface area contributed by atoms with Crippen LogP contribution in [0.25, 0.3) is 11.1 Å². The number of rotatable bonds is 7. The molecule has 0 aliphatic carbocycles. The van der Waals surface area contributed by atoms with Gasteiger partial charge in [0.05, 0.1) is 5.69 Å². The molecule has 0 fully saturated rings. The topological polar surface area (TPSA) is 104 Å². The van der Waals surface area contributed by atoms with E-state index in [2.05, 4.69) is 10.3 Å². The molecule has 0 unspecified atom stereocenters. The van der Waals surface area contributed by atoms with Gasteiger partial charge in [-0.15, -0.1) is 0 Å². The highest BCUT2D eigenvalue weighted by Crippen LogP contribution is 2.40. The maximum Gasteiger partial charge on any atom is 0.412 e. The maximum absolute atomic E-state index is 15.7. The van der Waals surface area contributed by atoms with E-state index in [0.29, 0.717) is 11.3 Å². The van der Waals surface area contributed by atoms with Crippen molar-refractivity contribution in [2.75, 3.05) is 5.32 Å². The molecule has 178 valence electrons. The number of hydrogen-bond donors (Lipinski definition) is 2. The first kappa shape index (κ1) is 24.6. The Hall–Kier alpha value is -4.01. The summed E-state index contributed by atoms with van der Waals surface area (Å²) in [5.41, 5.74) is 5.46. The Balaban J connectivity index is 2.10. The third-order valence-electron chi connectivity index (χ3n) is 4.57. The first-order valence-corrected chi connectivity index (χ1v) is 10.5. The van der Waals surface area contributed by atoms with Crippen molar-refractivity contribution in [3.63, 3.8) is 0 Å². The molecule has 7 nitrogen and oxygen atoms in total. The van der Waals surface area contributed by atoms with Crippen LogP contribution in [0.15, 0.2) is 54.7 Å². The van der Waals surface area contributed by atoms with E-state index < -0.39 is 29.2 Å². The Morgan fingerprint density at radius 2 is 1.76 bits per heavy atom. The van der Waals surface area contributed by atoms with E-state index in [0.717, 1.165) is 0 Å². The Kier molecular flexibility index (Phi) is 7.45. The molecule has 34 heavy (non-hydrogen) atoms. The second-order valence-corrected chi connectivity index (χ2v) is 8.43. The number of nitrogens with two attached hydrogens (primary N) is 1. The van der Waals surface area contributed by atoms with Crippen molar-refractivity contribution in [3.8, 4) is 22.6 Å². The number of nitrogens with zero attached hydrogens (tertiary/aromatic N) is 1. The van der Waals surface area contributed by atoms with Crippen LogP contribution in [0.4, 0.5) is 19.3 Å². The lowest BCUT2D eigenvalue weighted by Gasteiger charge is -2.21. The monoisotopic (exact) mass is 469 g/mol. The van der Waals surface area contributed by atoms with Crippen LogP contribution >= 0.6 is 0 Å². The lowest BCUT2D eigenvalue weighted by molar-refractivity contribution is -0.118. The van der Waals surface area contributed by atoms with Crippen LogP contribution in [0.2, 0.25) is 0 Å². The van der Waals surface area contributed by atoms with Crippen LogP contribution < -0.4 is 15.8 Å². The van der Waals surface area contributed by atoms with Crippen LogP contribution in [0, 0.1) is 11.6 Å². The summed E-state index contributed by atoms with van der Waals surface area (Å²) in [5, 5.41) is 2.35. The smallest absolute Gasteiger partial charge is 0.412 e. The molecule has 3 rings (SSSR count). The standard InChI is InChI=1S/C25H25F2N3O4/c1-25(2,3)34-24(32)30-19-11-10-16(15-7-6-14-29-18(15)12-13-21(28)31)23(22(19)27)33-20-9-5-4-8-17(20)26/h4-11,14H,12-13H2,1-3H3,(H2,28,31)(H,30,32). The van der Waals surface area contributed by atoms with E-state index in [1.165, 1.54) is 36.5 Å². The van der Waals surface area contributed by atoms with E-state index in [1.54, 1.807) is 39.0 Å². The summed E-state index contributed by atoms with van der Waals surface area (Å²) in [6.07, 6.45) is 0.921. The van der Waals surface area contributed by atoms with Gasteiger partial charge in [0.1, 0.15) is 5.60 Å². The number of aromatic nitrogens is 1. The van der Waals surface area contributed by atoms with Gasteiger partial charge < -0.3 is 15.2 Å². The lowest BCUT2D eigenvalue weighted by atomic mass is 9.99. The van der Waals surface area contributed by atoms with E-state index in [4.69, 9.17) is 15.2 Å². The average Bonchev–Trinajstić information content (AvgIpc) is 2.75. The van der Waals surface area contributed by atoms with E-state index in [-0.39, 0.29) is 35.6 Å². The largest absolute Gasteiger partial charge is 0.450 e. The first-order chi connectivity index (χ1) is 16.0. The quantitative estimate of drug-likeness (QED) is 0.470. The zero-order chi connectivity index (χ0) is 24.9. The number of ether oxygens (including phenoxy) is 2. The van der Waals surface area contributed by atoms with Crippen LogP contribution in [0.1, 0.15) is 32.9 Å². The molecule has 0 saturated carbocycles. The first-order valence-electron chi connectivity index (χ1n) is 10.5. The summed E-state index contributed by atoms with van der Waals surface area (Å²) in [4.78, 5) is 27.8. The van der Waals surface area contributed by atoms with Crippen molar-refractivity contribution in [1.29, 1.82) is 0 Å². The molecule has 3 N–H and O–H groups in total. The highest BCUT2D eigenvalue weighted by atomic mass is 19.1. The molecule has 0 radical (unpaired) electrons. The summed E-state index contributed by atoms with van der Waals surface area (Å²) >= 11 is 0. The molecule has 0 aliphatic heterocycles. The van der Waals surface area contributed by atoms with E-state index in [9.17, 15) is 14.0 Å². The predicted octanol–water partition coefficient (Wildman–Crippen LogP) is 5.58. The Morgan fingerprint density at radius 1 is 1.03 bits per heavy atom. The third-order valence-corrected chi connectivity index (χ3v) is 4.57. The van der Waals surface area contributed by atoms with Gasteiger partial charge in [-0.3, -0.25) is 15.1 Å². The molecule has 1 aromatic heterocycles. The van der Waals surface area contributed by atoms with Crippen molar-refractivity contribution in [2.24, 2.45) is 5.73 Å². The van der Waals surface area contributed by atoms with Gasteiger partial charge in [0, 0.05) is 29.4 Å². The minimum Gasteiger partial charge on any atom is -0.450 e. The molecule has 0 spiro atoms. The normalized spacial score (nSPS) is 11.1. The minimum absolute atomic E-state index is 0.0360. The number of amides is 2. The molecule has 2 aromatic carbocycles. The summed E-state index contributed by atoms with van der Waals surface area (Å²) in [6, 6.07) is 11.7. The van der Waals surface area contributed by atoms with Gasteiger partial charge in [-0.25, -0.2) is 13.6 Å². The number of anilines is 1. The number of hydrogen-bond acceptors (Lipinski definition) is 5. The zero-order valence-electron chi connectivity index (χ0n) is 19.0. The number of para-hydroxylation sites is 1. The zero-order valence-corrected chi connectivity index (χ0v) is 19.0. The fourth-order valence-corrected chi connectivity index (χ4v) is 3.14. The SMILES string of the molecule is CC(C)(C)OC(=O)Nc1ccc(-c2cccnc2CCC(N)=O)c(Oc2ccccc2F)c1F. The molecular formula is C25H25F2N3O4. The molecule has 0 bridgehead atoms. The molecule has 2 amide bonds. The number of halogens is 2. The van der Waals surface area contributed by atoms with Gasteiger partial charge in [0.25, 0.3) is 0 Å². The highest BCUT2D eigenvalue weighted by molar-refractivity contribution is 5.87. The molecule has 9 heteroatoms. The minimum atomic E-state index is -0.934. The van der Waals surface area contributed by atoms with Crippen molar-refractivity contribution < 1.29 is 27.8 Å². The van der Waals surface area contributed by atoms with Crippen LogP contribution in [0.3, 0.4) is 0 Å². The van der Waals surface area contributed by atoms with Crippen molar-refractivity contribution >= 4 is 17.7 Å². The number of pyridine rings is 1. The van der Waals surface area contributed by atoms with Gasteiger partial charge in [0.15, 0.2) is 23.1 Å². The van der Waals surface area contributed by atoms with Crippen molar-refractivity contribution in [3.05, 3.63) is 72.1 Å². The van der Waals surface area contributed by atoms with Crippen LogP contribution in [-0.4, -0.2) is 22.6 Å². The van der Waals surface area contributed by atoms with E-state index >= 15 is 4.39 Å². The lowest BCUT2D eigenvalue weighted by Crippen LogP contribution is -2.27. The van der Waals surface area contributed by atoms with Crippen molar-refractivity contribution in [2.45, 2.75) is 39.2 Å². The van der Waals surface area contributed by atoms with Crippen molar-refractivity contribution in [1.82, 2.24) is 4.98 Å². The number of primary amides is 1. The molecule has 0 atom stereocenters. The maximum atomic E-state index is 15.7. The fraction of sp³-hybridized carbons (Fsp3) is 0.240. The Bertz CT molecular complexity index is 1210. The number of carbonyl (C=O) groups excluding carboxylic acids is 2. The van der Waals surface area contributed by atoms with Gasteiger partial charge >= 0.3 is 6.09 Å². The van der Waals surface area contributed by atoms with Gasteiger partial charge in [-0.2, -0.15) is 0 Å². The molecule has 1 heterocycles.